The van der Waals surface area contributed by atoms with E-state index in [4.69, 9.17) is 0 Å². The van der Waals surface area contributed by atoms with Gasteiger partial charge < -0.3 is 5.32 Å². The lowest BCUT2D eigenvalue weighted by molar-refractivity contribution is 0.534. The highest BCUT2D eigenvalue weighted by Crippen LogP contribution is 2.38. The van der Waals surface area contributed by atoms with E-state index in [1.54, 1.807) is 7.05 Å². The monoisotopic (exact) mass is 312 g/mol. The molecule has 1 aliphatic carbocycles. The minimum Gasteiger partial charge on any atom is -0.316 e. The Kier molecular flexibility index (Phi) is 3.81. The first-order valence-electron chi connectivity index (χ1n) is 6.57. The van der Waals surface area contributed by atoms with Gasteiger partial charge in [0.05, 0.1) is 4.90 Å². The first kappa shape index (κ1) is 14.3. The number of aromatic amines is 1. The quantitative estimate of drug-likeness (QED) is 0.887. The highest BCUT2D eigenvalue weighted by Gasteiger charge is 2.29. The van der Waals surface area contributed by atoms with Crippen molar-refractivity contribution in [2.75, 3.05) is 7.05 Å². The molecule has 1 aromatic carbocycles. The van der Waals surface area contributed by atoms with Crippen LogP contribution in [0.25, 0.3) is 0 Å². The van der Waals surface area contributed by atoms with Gasteiger partial charge in [0, 0.05) is 12.6 Å². The number of nitrogens with one attached hydrogen (secondary N) is 2. The molecule has 112 valence electrons. The zero-order valence-electron chi connectivity index (χ0n) is 11.3. The van der Waals surface area contributed by atoms with Crippen molar-refractivity contribution in [2.45, 2.75) is 35.5 Å². The third-order valence-corrected chi connectivity index (χ3v) is 4.28. The Morgan fingerprint density at radius 3 is 2.67 bits per heavy atom. The van der Waals surface area contributed by atoms with E-state index in [-0.39, 0.29) is 16.6 Å². The lowest BCUT2D eigenvalue weighted by Crippen LogP contribution is -2.16. The molecule has 0 spiro atoms. The van der Waals surface area contributed by atoms with Crippen LogP contribution in [-0.2, 0) is 6.54 Å². The first-order valence-corrected chi connectivity index (χ1v) is 7.39. The molecule has 1 aliphatic rings. The van der Waals surface area contributed by atoms with Crippen LogP contribution < -0.4 is 11.0 Å². The average molecular weight is 312 g/mol. The largest absolute Gasteiger partial charge is 0.344 e. The summed E-state index contributed by atoms with van der Waals surface area (Å²) in [5, 5.41) is 9.32. The number of nitrogens with zero attached hydrogens (tertiary/aromatic N) is 2. The van der Waals surface area contributed by atoms with E-state index in [9.17, 15) is 13.6 Å². The van der Waals surface area contributed by atoms with Crippen LogP contribution in [0, 0.1) is 11.6 Å². The second-order valence-electron chi connectivity index (χ2n) is 4.93. The molecule has 0 bridgehead atoms. The lowest BCUT2D eigenvalue weighted by Gasteiger charge is -2.08. The van der Waals surface area contributed by atoms with Gasteiger partial charge in [-0.3, -0.25) is 4.57 Å². The fourth-order valence-electron chi connectivity index (χ4n) is 2.12. The Morgan fingerprint density at radius 2 is 2.10 bits per heavy atom. The summed E-state index contributed by atoms with van der Waals surface area (Å²) in [6, 6.07) is 2.66. The summed E-state index contributed by atoms with van der Waals surface area (Å²) in [7, 11) is 1.70. The van der Waals surface area contributed by atoms with Crippen LogP contribution in [0.1, 0.15) is 24.4 Å². The minimum absolute atomic E-state index is 0.0911. The van der Waals surface area contributed by atoms with Crippen LogP contribution in [0.2, 0.25) is 0 Å². The van der Waals surface area contributed by atoms with Crippen LogP contribution >= 0.6 is 11.8 Å². The summed E-state index contributed by atoms with van der Waals surface area (Å²) < 4.78 is 29.6. The molecule has 2 aromatic rings. The highest BCUT2D eigenvalue weighted by molar-refractivity contribution is 7.99. The second kappa shape index (κ2) is 5.61. The molecule has 8 heteroatoms. The maximum Gasteiger partial charge on any atom is 0.344 e. The van der Waals surface area contributed by atoms with E-state index in [2.05, 4.69) is 15.5 Å². The van der Waals surface area contributed by atoms with E-state index in [0.717, 1.165) is 24.6 Å². The van der Waals surface area contributed by atoms with Crippen LogP contribution in [0.3, 0.4) is 0 Å². The fourth-order valence-corrected chi connectivity index (χ4v) is 3.04. The molecule has 0 saturated heterocycles. The van der Waals surface area contributed by atoms with E-state index >= 15 is 0 Å². The Balaban J connectivity index is 1.93. The van der Waals surface area contributed by atoms with Gasteiger partial charge in [-0.2, -0.15) is 0 Å². The molecule has 21 heavy (non-hydrogen) atoms. The molecule has 0 aliphatic heterocycles. The maximum absolute atomic E-state index is 14.1. The van der Waals surface area contributed by atoms with E-state index in [0.29, 0.717) is 17.3 Å². The highest BCUT2D eigenvalue weighted by atomic mass is 32.2. The van der Waals surface area contributed by atoms with Gasteiger partial charge >= 0.3 is 5.69 Å². The van der Waals surface area contributed by atoms with Crippen LogP contribution in [0.5, 0.6) is 0 Å². The van der Waals surface area contributed by atoms with Crippen molar-refractivity contribution in [1.82, 2.24) is 20.1 Å². The molecule has 1 fully saturated rings. The maximum atomic E-state index is 14.1. The van der Waals surface area contributed by atoms with Crippen molar-refractivity contribution in [1.29, 1.82) is 0 Å². The van der Waals surface area contributed by atoms with Crippen LogP contribution in [0.15, 0.2) is 27.0 Å². The number of rotatable bonds is 5. The summed E-state index contributed by atoms with van der Waals surface area (Å²) in [4.78, 5) is 11.5. The summed E-state index contributed by atoms with van der Waals surface area (Å²) in [5.41, 5.74) is 0.186. The topological polar surface area (TPSA) is 62.7 Å². The number of hydrogen-bond acceptors (Lipinski definition) is 4. The fraction of sp³-hybridized carbons (Fsp3) is 0.385. The third-order valence-electron chi connectivity index (χ3n) is 3.22. The molecule has 1 heterocycles. The van der Waals surface area contributed by atoms with Gasteiger partial charge in [0.15, 0.2) is 5.16 Å². The van der Waals surface area contributed by atoms with E-state index in [1.165, 1.54) is 16.7 Å². The summed E-state index contributed by atoms with van der Waals surface area (Å²) in [5.74, 6) is -1.30. The van der Waals surface area contributed by atoms with E-state index < -0.39 is 11.6 Å². The van der Waals surface area contributed by atoms with Gasteiger partial charge in [-0.1, -0.05) is 0 Å². The number of H-pyrrole nitrogens is 1. The van der Waals surface area contributed by atoms with Gasteiger partial charge in [0.2, 0.25) is 0 Å². The van der Waals surface area contributed by atoms with Crippen molar-refractivity contribution >= 4 is 11.8 Å². The van der Waals surface area contributed by atoms with Gasteiger partial charge in [-0.25, -0.2) is 18.7 Å². The molecule has 0 radical (unpaired) electrons. The molecule has 3 rings (SSSR count). The first-order chi connectivity index (χ1) is 10.1. The predicted molar refractivity (Wildman–Crippen MR) is 74.4 cm³/mol. The number of halogens is 2. The number of hydrogen-bond donors (Lipinski definition) is 2. The molecule has 2 N–H and O–H groups in total. The predicted octanol–water partition coefficient (Wildman–Crippen LogP) is 2.06. The Hall–Kier alpha value is -1.67. The Bertz CT molecular complexity index is 700. The van der Waals surface area contributed by atoms with Crippen molar-refractivity contribution < 1.29 is 8.78 Å². The molecular weight excluding hydrogens is 298 g/mol. The zero-order chi connectivity index (χ0) is 15.0. The Labute approximate surface area is 123 Å². The molecule has 5 nitrogen and oxygen atoms in total. The van der Waals surface area contributed by atoms with Gasteiger partial charge in [0.1, 0.15) is 11.6 Å². The van der Waals surface area contributed by atoms with E-state index in [1.807, 2.05) is 0 Å². The summed E-state index contributed by atoms with van der Waals surface area (Å²) in [6.45, 7) is 0.383. The number of benzene rings is 1. The molecule has 1 saturated carbocycles. The SMILES string of the molecule is CNCc1cc(F)c(Sc2n[nH]c(=O)n2C2CC2)c(F)c1. The van der Waals surface area contributed by atoms with Gasteiger partial charge in [0.25, 0.3) is 0 Å². The molecular formula is C13H14F2N4OS. The lowest BCUT2D eigenvalue weighted by atomic mass is 10.2. The average Bonchev–Trinajstić information content (AvgIpc) is 3.19. The smallest absolute Gasteiger partial charge is 0.316 e. The van der Waals surface area contributed by atoms with Crippen molar-refractivity contribution in [3.8, 4) is 0 Å². The summed E-state index contributed by atoms with van der Waals surface area (Å²) in [6.07, 6.45) is 1.78. The Morgan fingerprint density at radius 1 is 1.43 bits per heavy atom. The summed E-state index contributed by atoms with van der Waals surface area (Å²) >= 11 is 0.834. The van der Waals surface area contributed by atoms with Crippen LogP contribution in [-0.4, -0.2) is 21.8 Å². The molecule has 0 unspecified atom stereocenters. The van der Waals surface area contributed by atoms with Crippen molar-refractivity contribution in [3.63, 3.8) is 0 Å². The third kappa shape index (κ3) is 2.86. The van der Waals surface area contributed by atoms with Gasteiger partial charge in [-0.15, -0.1) is 5.10 Å². The normalized spacial score (nSPS) is 14.6. The van der Waals surface area contributed by atoms with Gasteiger partial charge in [-0.05, 0) is 49.3 Å². The molecule has 1 aromatic heterocycles. The second-order valence-corrected chi connectivity index (χ2v) is 5.91. The van der Waals surface area contributed by atoms with Crippen molar-refractivity contribution in [3.05, 3.63) is 39.8 Å². The standard InChI is InChI=1S/C13H14F2N4OS/c1-16-6-7-4-9(14)11(10(15)5-7)21-13-18-17-12(20)19(13)8-2-3-8/h4-5,8,16H,2-3,6H2,1H3,(H,17,20). The number of aromatic nitrogens is 3. The van der Waals surface area contributed by atoms with Crippen molar-refractivity contribution in [2.24, 2.45) is 0 Å². The molecule has 0 amide bonds. The minimum atomic E-state index is -0.650. The van der Waals surface area contributed by atoms with Crippen LogP contribution in [0.4, 0.5) is 8.78 Å². The molecule has 0 atom stereocenters. The zero-order valence-corrected chi connectivity index (χ0v) is 12.1.